The number of amides is 1. The number of hydrogen-bond acceptors (Lipinski definition) is 2. The Morgan fingerprint density at radius 3 is 2.75 bits per heavy atom. The van der Waals surface area contributed by atoms with Gasteiger partial charge in [-0.2, -0.15) is 0 Å². The predicted molar refractivity (Wildman–Crippen MR) is 61.2 cm³/mol. The maximum absolute atomic E-state index is 12.1. The van der Waals surface area contributed by atoms with Gasteiger partial charge in [0.15, 0.2) is 0 Å². The molecule has 1 aromatic heterocycles. The Labute approximate surface area is 95.8 Å². The zero-order valence-corrected chi connectivity index (χ0v) is 10.1. The van der Waals surface area contributed by atoms with Crippen LogP contribution in [0.4, 0.5) is 0 Å². The second-order valence-electron chi connectivity index (χ2n) is 4.12. The van der Waals surface area contributed by atoms with Gasteiger partial charge in [0, 0.05) is 17.9 Å². The van der Waals surface area contributed by atoms with Crippen molar-refractivity contribution in [3.63, 3.8) is 0 Å². The maximum atomic E-state index is 12.1. The van der Waals surface area contributed by atoms with Gasteiger partial charge in [-0.3, -0.25) is 9.63 Å². The minimum atomic E-state index is -0.00898. The van der Waals surface area contributed by atoms with Crippen LogP contribution in [-0.4, -0.2) is 28.7 Å². The fraction of sp³-hybridized carbons (Fsp3) is 0.583. The number of hydroxylamine groups is 2. The summed E-state index contributed by atoms with van der Waals surface area (Å²) >= 11 is 0. The van der Waals surface area contributed by atoms with Crippen molar-refractivity contribution < 1.29 is 9.63 Å². The molecule has 0 unspecified atom stereocenters. The van der Waals surface area contributed by atoms with Crippen LogP contribution in [-0.2, 0) is 11.4 Å². The first-order chi connectivity index (χ1) is 7.65. The van der Waals surface area contributed by atoms with Gasteiger partial charge in [0.05, 0.1) is 18.7 Å². The molecule has 2 rings (SSSR count). The third-order valence-electron chi connectivity index (χ3n) is 3.10. The Morgan fingerprint density at radius 2 is 2.25 bits per heavy atom. The van der Waals surface area contributed by atoms with E-state index in [1.54, 1.807) is 0 Å². The SMILES string of the molecule is CCn1c(C)cc(C(=O)N2CCCO2)c1C. The van der Waals surface area contributed by atoms with E-state index < -0.39 is 0 Å². The van der Waals surface area contributed by atoms with Gasteiger partial charge in [0.25, 0.3) is 5.91 Å². The number of aromatic nitrogens is 1. The van der Waals surface area contributed by atoms with Crippen LogP contribution in [0.2, 0.25) is 0 Å². The second-order valence-corrected chi connectivity index (χ2v) is 4.12. The van der Waals surface area contributed by atoms with Crippen molar-refractivity contribution in [1.82, 2.24) is 9.63 Å². The Morgan fingerprint density at radius 1 is 1.50 bits per heavy atom. The molecule has 2 heterocycles. The summed E-state index contributed by atoms with van der Waals surface area (Å²) in [6.07, 6.45) is 0.929. The molecule has 0 N–H and O–H groups in total. The van der Waals surface area contributed by atoms with Crippen molar-refractivity contribution in [3.05, 3.63) is 23.0 Å². The highest BCUT2D eigenvalue weighted by molar-refractivity contribution is 5.95. The average Bonchev–Trinajstić information content (AvgIpc) is 2.86. The summed E-state index contributed by atoms with van der Waals surface area (Å²) in [5, 5.41) is 1.47. The monoisotopic (exact) mass is 222 g/mol. The molecular formula is C12H18N2O2. The van der Waals surface area contributed by atoms with Crippen molar-refractivity contribution in [2.75, 3.05) is 13.2 Å². The summed E-state index contributed by atoms with van der Waals surface area (Å²) in [4.78, 5) is 17.4. The topological polar surface area (TPSA) is 34.5 Å². The second kappa shape index (κ2) is 4.29. The molecule has 0 bridgehead atoms. The van der Waals surface area contributed by atoms with Crippen LogP contribution in [0.25, 0.3) is 0 Å². The molecular weight excluding hydrogens is 204 g/mol. The van der Waals surface area contributed by atoms with Crippen molar-refractivity contribution in [2.45, 2.75) is 33.7 Å². The predicted octanol–water partition coefficient (Wildman–Crippen LogP) is 1.90. The van der Waals surface area contributed by atoms with Crippen molar-refractivity contribution >= 4 is 5.91 Å². The van der Waals surface area contributed by atoms with Crippen LogP contribution in [0.5, 0.6) is 0 Å². The van der Waals surface area contributed by atoms with Crippen LogP contribution < -0.4 is 0 Å². The third-order valence-corrected chi connectivity index (χ3v) is 3.10. The Balaban J connectivity index is 2.29. The molecule has 1 aliphatic rings. The van der Waals surface area contributed by atoms with E-state index in [9.17, 15) is 4.79 Å². The lowest BCUT2D eigenvalue weighted by atomic mass is 10.2. The fourth-order valence-electron chi connectivity index (χ4n) is 2.25. The van der Waals surface area contributed by atoms with Gasteiger partial charge < -0.3 is 4.57 Å². The van der Waals surface area contributed by atoms with Gasteiger partial charge >= 0.3 is 0 Å². The molecule has 1 amide bonds. The Hall–Kier alpha value is -1.29. The van der Waals surface area contributed by atoms with E-state index in [0.29, 0.717) is 13.2 Å². The molecule has 1 saturated heterocycles. The summed E-state index contributed by atoms with van der Waals surface area (Å²) in [5.41, 5.74) is 2.92. The molecule has 16 heavy (non-hydrogen) atoms. The summed E-state index contributed by atoms with van der Waals surface area (Å²) in [7, 11) is 0. The van der Waals surface area contributed by atoms with Crippen molar-refractivity contribution in [3.8, 4) is 0 Å². The van der Waals surface area contributed by atoms with E-state index >= 15 is 0 Å². The number of carbonyl (C=O) groups is 1. The normalized spacial score (nSPS) is 15.8. The number of rotatable bonds is 2. The average molecular weight is 222 g/mol. The van der Waals surface area contributed by atoms with Gasteiger partial charge in [0.2, 0.25) is 0 Å². The van der Waals surface area contributed by atoms with E-state index in [0.717, 1.165) is 29.9 Å². The number of nitrogens with zero attached hydrogens (tertiary/aromatic N) is 2. The molecule has 0 aromatic carbocycles. The highest BCUT2D eigenvalue weighted by Gasteiger charge is 2.24. The number of hydrogen-bond donors (Lipinski definition) is 0. The quantitative estimate of drug-likeness (QED) is 0.766. The Bertz CT molecular complexity index is 403. The maximum Gasteiger partial charge on any atom is 0.279 e. The fourth-order valence-corrected chi connectivity index (χ4v) is 2.25. The van der Waals surface area contributed by atoms with Crippen LogP contribution >= 0.6 is 0 Å². The van der Waals surface area contributed by atoms with Gasteiger partial charge in [-0.25, -0.2) is 5.06 Å². The first-order valence-electron chi connectivity index (χ1n) is 5.76. The van der Waals surface area contributed by atoms with E-state index in [1.807, 2.05) is 19.9 Å². The van der Waals surface area contributed by atoms with Crippen molar-refractivity contribution in [1.29, 1.82) is 0 Å². The van der Waals surface area contributed by atoms with Gasteiger partial charge in [-0.1, -0.05) is 0 Å². The zero-order valence-electron chi connectivity index (χ0n) is 10.1. The molecule has 0 radical (unpaired) electrons. The number of carbonyl (C=O) groups excluding carboxylic acids is 1. The molecule has 4 heteroatoms. The lowest BCUT2D eigenvalue weighted by Crippen LogP contribution is -2.26. The van der Waals surface area contributed by atoms with Crippen LogP contribution in [0.3, 0.4) is 0 Å². The van der Waals surface area contributed by atoms with E-state index in [2.05, 4.69) is 11.5 Å². The van der Waals surface area contributed by atoms with Gasteiger partial charge in [-0.15, -0.1) is 0 Å². The van der Waals surface area contributed by atoms with Gasteiger partial charge in [0.1, 0.15) is 0 Å². The molecule has 4 nitrogen and oxygen atoms in total. The zero-order chi connectivity index (χ0) is 11.7. The summed E-state index contributed by atoms with van der Waals surface area (Å²) in [5.74, 6) is -0.00898. The minimum absolute atomic E-state index is 0.00898. The van der Waals surface area contributed by atoms with Crippen LogP contribution in [0.1, 0.15) is 35.1 Å². The standard InChI is InChI=1S/C12H18N2O2/c1-4-13-9(2)8-11(10(13)3)12(15)14-6-5-7-16-14/h8H,4-7H2,1-3H3. The molecule has 88 valence electrons. The summed E-state index contributed by atoms with van der Waals surface area (Å²) in [6, 6.07) is 1.95. The van der Waals surface area contributed by atoms with E-state index in [4.69, 9.17) is 4.84 Å². The largest absolute Gasteiger partial charge is 0.349 e. The lowest BCUT2D eigenvalue weighted by Gasteiger charge is -2.13. The first-order valence-corrected chi connectivity index (χ1v) is 5.76. The molecule has 1 fully saturated rings. The van der Waals surface area contributed by atoms with Crippen LogP contribution in [0, 0.1) is 13.8 Å². The molecule has 0 spiro atoms. The first kappa shape index (κ1) is 11.2. The lowest BCUT2D eigenvalue weighted by molar-refractivity contribution is -0.0768. The van der Waals surface area contributed by atoms with Crippen molar-refractivity contribution in [2.24, 2.45) is 0 Å². The molecule has 0 aliphatic carbocycles. The van der Waals surface area contributed by atoms with E-state index in [1.165, 1.54) is 5.06 Å². The minimum Gasteiger partial charge on any atom is -0.349 e. The Kier molecular flexibility index (Phi) is 3.01. The molecule has 1 aliphatic heterocycles. The molecule has 0 atom stereocenters. The number of aryl methyl sites for hydroxylation is 1. The van der Waals surface area contributed by atoms with Crippen LogP contribution in [0.15, 0.2) is 6.07 Å². The van der Waals surface area contributed by atoms with Gasteiger partial charge in [-0.05, 0) is 33.3 Å². The van der Waals surface area contributed by atoms with E-state index in [-0.39, 0.29) is 5.91 Å². The molecule has 0 saturated carbocycles. The smallest absolute Gasteiger partial charge is 0.279 e. The highest BCUT2D eigenvalue weighted by Crippen LogP contribution is 2.18. The third kappa shape index (κ3) is 1.73. The molecule has 1 aromatic rings. The summed E-state index contributed by atoms with van der Waals surface area (Å²) in [6.45, 7) is 8.34. The highest BCUT2D eigenvalue weighted by atomic mass is 16.7. The summed E-state index contributed by atoms with van der Waals surface area (Å²) < 4.78 is 2.14.